The van der Waals surface area contributed by atoms with Crippen molar-refractivity contribution in [3.05, 3.63) is 23.9 Å². The molecule has 0 saturated heterocycles. The SMILES string of the molecule is C#Cc1cccnc1N(C(=O)OC(C)(C)C)C(=O)OC(C)(C)C. The fourth-order valence-electron chi connectivity index (χ4n) is 1.55. The second-order valence-electron chi connectivity index (χ2n) is 6.82. The summed E-state index contributed by atoms with van der Waals surface area (Å²) in [6, 6.07) is 3.19. The zero-order valence-corrected chi connectivity index (χ0v) is 14.3. The van der Waals surface area contributed by atoms with Gasteiger partial charge in [0.05, 0.1) is 5.56 Å². The molecule has 6 nitrogen and oxygen atoms in total. The molecule has 0 aliphatic carbocycles. The molecule has 2 amide bonds. The normalized spacial score (nSPS) is 11.3. The van der Waals surface area contributed by atoms with E-state index in [1.165, 1.54) is 6.20 Å². The monoisotopic (exact) mass is 318 g/mol. The highest BCUT2D eigenvalue weighted by Gasteiger charge is 2.34. The quantitative estimate of drug-likeness (QED) is 0.738. The van der Waals surface area contributed by atoms with Gasteiger partial charge in [-0.1, -0.05) is 5.92 Å². The molecule has 124 valence electrons. The Balaban J connectivity index is 3.29. The number of nitrogens with zero attached hydrogens (tertiary/aromatic N) is 2. The molecule has 0 unspecified atom stereocenters. The lowest BCUT2D eigenvalue weighted by molar-refractivity contribution is 0.0429. The predicted molar refractivity (Wildman–Crippen MR) is 87.1 cm³/mol. The fraction of sp³-hybridized carbons (Fsp3) is 0.471. The molecule has 0 aliphatic heterocycles. The van der Waals surface area contributed by atoms with E-state index in [-0.39, 0.29) is 11.4 Å². The number of anilines is 1. The first-order valence-electron chi connectivity index (χ1n) is 7.12. The van der Waals surface area contributed by atoms with Gasteiger partial charge >= 0.3 is 12.2 Å². The highest BCUT2D eigenvalue weighted by molar-refractivity contribution is 6.09. The van der Waals surface area contributed by atoms with Crippen molar-refractivity contribution in [1.29, 1.82) is 0 Å². The molecule has 23 heavy (non-hydrogen) atoms. The van der Waals surface area contributed by atoms with Crippen LogP contribution < -0.4 is 4.90 Å². The van der Waals surface area contributed by atoms with Crippen molar-refractivity contribution in [1.82, 2.24) is 4.98 Å². The molecule has 0 N–H and O–H groups in total. The maximum Gasteiger partial charge on any atom is 0.425 e. The Morgan fingerprint density at radius 2 is 1.57 bits per heavy atom. The van der Waals surface area contributed by atoms with Crippen LogP contribution in [0.3, 0.4) is 0 Å². The van der Waals surface area contributed by atoms with Crippen molar-refractivity contribution in [2.24, 2.45) is 0 Å². The lowest BCUT2D eigenvalue weighted by atomic mass is 10.2. The summed E-state index contributed by atoms with van der Waals surface area (Å²) >= 11 is 0. The van der Waals surface area contributed by atoms with Crippen LogP contribution in [0.25, 0.3) is 0 Å². The lowest BCUT2D eigenvalue weighted by Gasteiger charge is -2.28. The zero-order valence-electron chi connectivity index (χ0n) is 14.3. The third kappa shape index (κ3) is 5.62. The van der Waals surface area contributed by atoms with Crippen molar-refractivity contribution in [3.63, 3.8) is 0 Å². The van der Waals surface area contributed by atoms with Crippen molar-refractivity contribution in [2.45, 2.75) is 52.7 Å². The largest absolute Gasteiger partial charge is 0.443 e. The van der Waals surface area contributed by atoms with Gasteiger partial charge in [0.15, 0.2) is 5.82 Å². The second kappa shape index (κ2) is 6.69. The molecule has 1 rings (SSSR count). The van der Waals surface area contributed by atoms with Gasteiger partial charge in [0.1, 0.15) is 11.2 Å². The van der Waals surface area contributed by atoms with Gasteiger partial charge in [-0.25, -0.2) is 14.6 Å². The van der Waals surface area contributed by atoms with Crippen LogP contribution in [0.15, 0.2) is 18.3 Å². The number of hydrogen-bond donors (Lipinski definition) is 0. The van der Waals surface area contributed by atoms with E-state index in [2.05, 4.69) is 10.9 Å². The highest BCUT2D eigenvalue weighted by Crippen LogP contribution is 2.22. The molecule has 6 heteroatoms. The van der Waals surface area contributed by atoms with E-state index in [4.69, 9.17) is 15.9 Å². The van der Waals surface area contributed by atoms with Crippen molar-refractivity contribution >= 4 is 18.0 Å². The first kappa shape index (κ1) is 18.5. The molecule has 0 aliphatic rings. The van der Waals surface area contributed by atoms with Gasteiger partial charge in [0.2, 0.25) is 0 Å². The highest BCUT2D eigenvalue weighted by atomic mass is 16.6. The Bertz CT molecular complexity index is 605. The summed E-state index contributed by atoms with van der Waals surface area (Å²) in [4.78, 5) is 29.6. The maximum absolute atomic E-state index is 12.4. The summed E-state index contributed by atoms with van der Waals surface area (Å²) < 4.78 is 10.5. The molecule has 0 aromatic carbocycles. The third-order valence-corrected chi connectivity index (χ3v) is 2.31. The molecule has 0 bridgehead atoms. The molecular weight excluding hydrogens is 296 g/mol. The molecule has 1 aromatic rings. The van der Waals surface area contributed by atoms with E-state index < -0.39 is 23.4 Å². The smallest absolute Gasteiger partial charge is 0.425 e. The van der Waals surface area contributed by atoms with Crippen molar-refractivity contribution < 1.29 is 19.1 Å². The van der Waals surface area contributed by atoms with E-state index in [1.54, 1.807) is 53.7 Å². The molecule has 0 spiro atoms. The minimum absolute atomic E-state index is 0.00139. The number of hydrogen-bond acceptors (Lipinski definition) is 5. The number of carbonyl (C=O) groups excluding carboxylic acids is 2. The summed E-state index contributed by atoms with van der Waals surface area (Å²) in [7, 11) is 0. The Morgan fingerprint density at radius 3 is 1.96 bits per heavy atom. The van der Waals surface area contributed by atoms with Gasteiger partial charge in [0, 0.05) is 6.20 Å². The summed E-state index contributed by atoms with van der Waals surface area (Å²) in [5.41, 5.74) is -1.30. The average Bonchev–Trinajstić information content (AvgIpc) is 2.35. The van der Waals surface area contributed by atoms with Crippen LogP contribution in [0.4, 0.5) is 15.4 Å². The van der Waals surface area contributed by atoms with Gasteiger partial charge in [-0.15, -0.1) is 6.42 Å². The van der Waals surface area contributed by atoms with Crippen LogP contribution >= 0.6 is 0 Å². The molecule has 0 fully saturated rings. The molecular formula is C17H22N2O4. The van der Waals surface area contributed by atoms with Crippen LogP contribution in [0.1, 0.15) is 47.1 Å². The number of ether oxygens (including phenoxy) is 2. The molecule has 1 aromatic heterocycles. The minimum Gasteiger partial charge on any atom is -0.443 e. The summed E-state index contributed by atoms with van der Waals surface area (Å²) in [5, 5.41) is 0. The van der Waals surface area contributed by atoms with Crippen molar-refractivity contribution in [2.75, 3.05) is 4.90 Å². The van der Waals surface area contributed by atoms with Gasteiger partial charge in [-0.2, -0.15) is 4.90 Å². The topological polar surface area (TPSA) is 68.7 Å². The summed E-state index contributed by atoms with van der Waals surface area (Å²) in [6.07, 6.45) is 5.05. The zero-order chi connectivity index (χ0) is 17.8. The summed E-state index contributed by atoms with van der Waals surface area (Å²) in [6.45, 7) is 10.2. The van der Waals surface area contributed by atoms with Gasteiger partial charge < -0.3 is 9.47 Å². The Hall–Kier alpha value is -2.55. The van der Waals surface area contributed by atoms with E-state index >= 15 is 0 Å². The molecule has 1 heterocycles. The van der Waals surface area contributed by atoms with Crippen LogP contribution in [-0.4, -0.2) is 28.4 Å². The third-order valence-electron chi connectivity index (χ3n) is 2.31. The minimum atomic E-state index is -0.901. The van der Waals surface area contributed by atoms with Crippen LogP contribution in [0, 0.1) is 12.3 Å². The number of rotatable bonds is 1. The van der Waals surface area contributed by atoms with Gasteiger partial charge in [-0.3, -0.25) is 0 Å². The average molecular weight is 318 g/mol. The van der Waals surface area contributed by atoms with E-state index in [9.17, 15) is 9.59 Å². The number of aromatic nitrogens is 1. The molecule has 0 atom stereocenters. The molecule has 0 saturated carbocycles. The lowest BCUT2D eigenvalue weighted by Crippen LogP contribution is -2.44. The Labute approximate surface area is 136 Å². The fourth-order valence-corrected chi connectivity index (χ4v) is 1.55. The Morgan fingerprint density at radius 1 is 1.09 bits per heavy atom. The number of carbonyl (C=O) groups is 2. The molecule has 0 radical (unpaired) electrons. The number of imide groups is 1. The van der Waals surface area contributed by atoms with E-state index in [1.807, 2.05) is 0 Å². The van der Waals surface area contributed by atoms with Crippen LogP contribution in [0.2, 0.25) is 0 Å². The van der Waals surface area contributed by atoms with Crippen LogP contribution in [-0.2, 0) is 9.47 Å². The standard InChI is InChI=1S/C17H22N2O4/c1-8-12-10-9-11-18-13(12)19(14(20)22-16(2,3)4)15(21)23-17(5,6)7/h1,9-11H,2-7H3. The number of amides is 2. The van der Waals surface area contributed by atoms with Crippen molar-refractivity contribution in [3.8, 4) is 12.3 Å². The van der Waals surface area contributed by atoms with E-state index in [0.717, 1.165) is 0 Å². The van der Waals surface area contributed by atoms with Gasteiger partial charge in [0.25, 0.3) is 0 Å². The Kier molecular flexibility index (Phi) is 5.38. The number of terminal acetylenes is 1. The predicted octanol–water partition coefficient (Wildman–Crippen LogP) is 3.74. The van der Waals surface area contributed by atoms with Gasteiger partial charge in [-0.05, 0) is 53.7 Å². The number of pyridine rings is 1. The van der Waals surface area contributed by atoms with Crippen LogP contribution in [0.5, 0.6) is 0 Å². The van der Waals surface area contributed by atoms with E-state index in [0.29, 0.717) is 4.90 Å². The summed E-state index contributed by atoms with van der Waals surface area (Å²) in [5.74, 6) is 2.39. The maximum atomic E-state index is 12.4. The first-order chi connectivity index (χ1) is 10.4. The second-order valence-corrected chi connectivity index (χ2v) is 6.82. The first-order valence-corrected chi connectivity index (χ1v) is 7.12.